The highest BCUT2D eigenvalue weighted by molar-refractivity contribution is 5.36. The summed E-state index contributed by atoms with van der Waals surface area (Å²) in [5, 5.41) is 8.03. The van der Waals surface area contributed by atoms with Gasteiger partial charge in [0.1, 0.15) is 0 Å². The minimum absolute atomic E-state index is 0.782. The summed E-state index contributed by atoms with van der Waals surface area (Å²) in [6.45, 7) is 6.15. The Morgan fingerprint density at radius 3 is 2.69 bits per heavy atom. The van der Waals surface area contributed by atoms with Crippen LogP contribution in [-0.2, 0) is 0 Å². The first-order valence-electron chi connectivity index (χ1n) is 5.85. The Morgan fingerprint density at radius 1 is 1.25 bits per heavy atom. The first-order valence-corrected chi connectivity index (χ1v) is 5.85. The summed E-state index contributed by atoms with van der Waals surface area (Å²) in [6, 6.07) is 3.95. The number of rotatable bonds is 4. The van der Waals surface area contributed by atoms with Gasteiger partial charge < -0.3 is 10.6 Å². The third-order valence-corrected chi connectivity index (χ3v) is 2.93. The summed E-state index contributed by atoms with van der Waals surface area (Å²) in [5.74, 6) is 0.987. The van der Waals surface area contributed by atoms with Gasteiger partial charge in [0.15, 0.2) is 5.82 Å². The molecule has 1 aromatic heterocycles. The van der Waals surface area contributed by atoms with Crippen molar-refractivity contribution in [3.8, 4) is 0 Å². The highest BCUT2D eigenvalue weighted by atomic mass is 15.3. The molecular weight excluding hydrogens is 202 g/mol. The van der Waals surface area contributed by atoms with Crippen LogP contribution in [0.2, 0.25) is 0 Å². The van der Waals surface area contributed by atoms with E-state index in [2.05, 4.69) is 20.0 Å². The molecule has 1 aromatic rings. The molecule has 0 amide bonds. The highest BCUT2D eigenvalue weighted by Crippen LogP contribution is 2.11. The zero-order chi connectivity index (χ0) is 11.2. The third kappa shape index (κ3) is 2.90. The second-order valence-electron chi connectivity index (χ2n) is 4.05. The molecular formula is C11H19N5. The fourth-order valence-corrected chi connectivity index (χ4v) is 1.98. The van der Waals surface area contributed by atoms with Gasteiger partial charge in [-0.05, 0) is 31.6 Å². The number of hydrogen-bond acceptors (Lipinski definition) is 5. The monoisotopic (exact) mass is 221 g/mol. The van der Waals surface area contributed by atoms with Crippen LogP contribution in [-0.4, -0.2) is 54.4 Å². The van der Waals surface area contributed by atoms with Crippen LogP contribution in [0.25, 0.3) is 0 Å². The maximum atomic E-state index is 5.51. The molecule has 0 bridgehead atoms. The maximum Gasteiger partial charge on any atom is 0.151 e. The van der Waals surface area contributed by atoms with Crippen LogP contribution in [0.4, 0.5) is 5.82 Å². The lowest BCUT2D eigenvalue weighted by Gasteiger charge is -2.35. The highest BCUT2D eigenvalue weighted by Gasteiger charge is 2.17. The SMILES string of the molecule is NCCCN1CCN(c2cccnn2)CC1. The Bertz CT molecular complexity index is 295. The average Bonchev–Trinajstić information content (AvgIpc) is 2.38. The van der Waals surface area contributed by atoms with Crippen LogP contribution in [0.15, 0.2) is 18.3 Å². The Morgan fingerprint density at radius 2 is 2.06 bits per heavy atom. The molecule has 1 aliphatic rings. The van der Waals surface area contributed by atoms with Crippen LogP contribution in [0.3, 0.4) is 0 Å². The van der Waals surface area contributed by atoms with Crippen LogP contribution in [0.1, 0.15) is 6.42 Å². The molecule has 0 radical (unpaired) electrons. The van der Waals surface area contributed by atoms with Crippen molar-refractivity contribution in [3.05, 3.63) is 18.3 Å². The first-order chi connectivity index (χ1) is 7.90. The standard InChI is InChI=1S/C11H19N5/c12-4-2-6-15-7-9-16(10-8-15)11-3-1-5-13-14-11/h1,3,5H,2,4,6-10,12H2. The molecule has 1 saturated heterocycles. The summed E-state index contributed by atoms with van der Waals surface area (Å²) < 4.78 is 0. The summed E-state index contributed by atoms with van der Waals surface area (Å²) in [4.78, 5) is 4.74. The molecule has 0 aliphatic carbocycles. The van der Waals surface area contributed by atoms with Crippen molar-refractivity contribution in [1.82, 2.24) is 15.1 Å². The molecule has 1 aliphatic heterocycles. The van der Waals surface area contributed by atoms with E-state index >= 15 is 0 Å². The molecule has 5 nitrogen and oxygen atoms in total. The molecule has 2 N–H and O–H groups in total. The molecule has 2 heterocycles. The Kier molecular flexibility index (Phi) is 4.07. The predicted molar refractivity (Wildman–Crippen MR) is 64.4 cm³/mol. The van der Waals surface area contributed by atoms with Gasteiger partial charge in [-0.3, -0.25) is 4.90 Å². The number of aromatic nitrogens is 2. The summed E-state index contributed by atoms with van der Waals surface area (Å²) in [7, 11) is 0. The topological polar surface area (TPSA) is 58.3 Å². The molecule has 88 valence electrons. The van der Waals surface area contributed by atoms with Gasteiger partial charge in [-0.15, -0.1) is 5.10 Å². The summed E-state index contributed by atoms with van der Waals surface area (Å²) >= 11 is 0. The fourth-order valence-electron chi connectivity index (χ4n) is 1.98. The van der Waals surface area contributed by atoms with E-state index in [0.717, 1.165) is 51.5 Å². The molecule has 0 atom stereocenters. The molecule has 0 aromatic carbocycles. The van der Waals surface area contributed by atoms with Crippen molar-refractivity contribution in [2.75, 3.05) is 44.2 Å². The van der Waals surface area contributed by atoms with E-state index in [1.807, 2.05) is 12.1 Å². The quantitative estimate of drug-likeness (QED) is 0.772. The lowest BCUT2D eigenvalue weighted by molar-refractivity contribution is 0.255. The molecule has 0 unspecified atom stereocenters. The normalized spacial score (nSPS) is 17.7. The maximum absolute atomic E-state index is 5.51. The zero-order valence-electron chi connectivity index (χ0n) is 9.55. The van der Waals surface area contributed by atoms with Gasteiger partial charge in [0.05, 0.1) is 0 Å². The number of hydrogen-bond donors (Lipinski definition) is 1. The van der Waals surface area contributed by atoms with Crippen LogP contribution >= 0.6 is 0 Å². The van der Waals surface area contributed by atoms with E-state index in [-0.39, 0.29) is 0 Å². The van der Waals surface area contributed by atoms with Gasteiger partial charge in [-0.25, -0.2) is 0 Å². The van der Waals surface area contributed by atoms with Gasteiger partial charge in [-0.2, -0.15) is 5.10 Å². The van der Waals surface area contributed by atoms with Crippen molar-refractivity contribution in [2.24, 2.45) is 5.73 Å². The molecule has 0 saturated carbocycles. The Hall–Kier alpha value is -1.20. The van der Waals surface area contributed by atoms with Crippen molar-refractivity contribution < 1.29 is 0 Å². The minimum Gasteiger partial charge on any atom is -0.353 e. The summed E-state index contributed by atoms with van der Waals surface area (Å²) in [5.41, 5.74) is 5.51. The fraction of sp³-hybridized carbons (Fsp3) is 0.636. The average molecular weight is 221 g/mol. The van der Waals surface area contributed by atoms with Crippen molar-refractivity contribution >= 4 is 5.82 Å². The van der Waals surface area contributed by atoms with Gasteiger partial charge >= 0.3 is 0 Å². The number of anilines is 1. The molecule has 2 rings (SSSR count). The zero-order valence-corrected chi connectivity index (χ0v) is 9.55. The molecule has 0 spiro atoms. The molecule has 16 heavy (non-hydrogen) atoms. The van der Waals surface area contributed by atoms with E-state index in [1.54, 1.807) is 6.20 Å². The number of piperazine rings is 1. The van der Waals surface area contributed by atoms with Crippen molar-refractivity contribution in [2.45, 2.75) is 6.42 Å². The van der Waals surface area contributed by atoms with E-state index in [9.17, 15) is 0 Å². The largest absolute Gasteiger partial charge is 0.353 e. The van der Waals surface area contributed by atoms with E-state index in [0.29, 0.717) is 0 Å². The van der Waals surface area contributed by atoms with Crippen LogP contribution in [0, 0.1) is 0 Å². The minimum atomic E-state index is 0.782. The summed E-state index contributed by atoms with van der Waals surface area (Å²) in [6.07, 6.45) is 2.80. The first kappa shape index (κ1) is 11.3. The third-order valence-electron chi connectivity index (χ3n) is 2.93. The Balaban J connectivity index is 1.81. The van der Waals surface area contributed by atoms with E-state index < -0.39 is 0 Å². The van der Waals surface area contributed by atoms with E-state index in [1.165, 1.54) is 0 Å². The van der Waals surface area contributed by atoms with Crippen LogP contribution < -0.4 is 10.6 Å². The van der Waals surface area contributed by atoms with Crippen LogP contribution in [0.5, 0.6) is 0 Å². The van der Waals surface area contributed by atoms with Crippen molar-refractivity contribution in [1.29, 1.82) is 0 Å². The second-order valence-corrected chi connectivity index (χ2v) is 4.05. The number of nitrogens with two attached hydrogens (primary N) is 1. The van der Waals surface area contributed by atoms with E-state index in [4.69, 9.17) is 5.73 Å². The number of nitrogens with zero attached hydrogens (tertiary/aromatic N) is 4. The lowest BCUT2D eigenvalue weighted by atomic mass is 10.3. The van der Waals surface area contributed by atoms with Gasteiger partial charge in [0.25, 0.3) is 0 Å². The van der Waals surface area contributed by atoms with Gasteiger partial charge in [0.2, 0.25) is 0 Å². The smallest absolute Gasteiger partial charge is 0.151 e. The van der Waals surface area contributed by atoms with Gasteiger partial charge in [-0.1, -0.05) is 0 Å². The predicted octanol–water partition coefficient (Wildman–Crippen LogP) is -0.0526. The molecule has 5 heteroatoms. The molecule has 1 fully saturated rings. The Labute approximate surface area is 96.2 Å². The lowest BCUT2D eigenvalue weighted by Crippen LogP contribution is -2.47. The van der Waals surface area contributed by atoms with Gasteiger partial charge in [0, 0.05) is 32.4 Å². The van der Waals surface area contributed by atoms with Crippen molar-refractivity contribution in [3.63, 3.8) is 0 Å². The second kappa shape index (κ2) is 5.77.